The van der Waals surface area contributed by atoms with Crippen LogP contribution < -0.4 is 9.47 Å². The van der Waals surface area contributed by atoms with E-state index in [0.29, 0.717) is 31.3 Å². The number of amides is 2. The lowest BCUT2D eigenvalue weighted by Gasteiger charge is -2.43. The summed E-state index contributed by atoms with van der Waals surface area (Å²) in [6.07, 6.45) is 4.67. The van der Waals surface area contributed by atoms with Gasteiger partial charge in [-0.05, 0) is 81.6 Å². The summed E-state index contributed by atoms with van der Waals surface area (Å²) < 4.78 is 11.7. The highest BCUT2D eigenvalue weighted by molar-refractivity contribution is 5.92. The average molecular weight is 621 g/mol. The van der Waals surface area contributed by atoms with Crippen LogP contribution in [0.3, 0.4) is 0 Å². The van der Waals surface area contributed by atoms with Gasteiger partial charge in [-0.2, -0.15) is 0 Å². The number of likely N-dealkylation sites (tertiary alicyclic amines) is 1. The molecule has 3 aromatic rings. The largest absolute Gasteiger partial charge is 0.486 e. The highest BCUT2D eigenvalue weighted by Crippen LogP contribution is 2.43. The van der Waals surface area contributed by atoms with Crippen molar-refractivity contribution in [1.82, 2.24) is 14.7 Å². The first-order chi connectivity index (χ1) is 22.4. The standard InChI is InChI=1S/C38H44N4O4/c1-28-36(40(3)26-43)35(30-15-16-33-34(25-30)46-24-23-45-33)37(29(2)39-28)42(27-44)20-10-19-41-21-17-38(18-22-41,31-11-6-4-7-12-31)32-13-8-5-9-14-32/h4-9,11-16,25-27,35-36H,10,17-24H2,1-3H3. The number of carbonyl (C=O) groups is 2. The summed E-state index contributed by atoms with van der Waals surface area (Å²) in [5.41, 5.74) is 6.15. The lowest BCUT2D eigenvalue weighted by atomic mass is 9.68. The maximum absolute atomic E-state index is 12.8. The molecule has 3 aromatic carbocycles. The molecule has 240 valence electrons. The maximum atomic E-state index is 12.8. The summed E-state index contributed by atoms with van der Waals surface area (Å²) >= 11 is 0. The van der Waals surface area contributed by atoms with Crippen molar-refractivity contribution >= 4 is 18.5 Å². The van der Waals surface area contributed by atoms with Crippen LogP contribution >= 0.6 is 0 Å². The molecule has 3 heterocycles. The number of benzene rings is 3. The topological polar surface area (TPSA) is 74.7 Å². The number of carbonyl (C=O) groups excluding carboxylic acids is 2. The van der Waals surface area contributed by atoms with Crippen molar-refractivity contribution in [3.63, 3.8) is 0 Å². The Kier molecular flexibility index (Phi) is 9.54. The van der Waals surface area contributed by atoms with Crippen LogP contribution in [0.25, 0.3) is 0 Å². The van der Waals surface area contributed by atoms with Gasteiger partial charge in [0.1, 0.15) is 13.2 Å². The Labute approximate surface area is 272 Å². The molecule has 0 saturated carbocycles. The summed E-state index contributed by atoms with van der Waals surface area (Å²) in [5, 5.41) is 0. The van der Waals surface area contributed by atoms with E-state index in [1.165, 1.54) is 11.1 Å². The zero-order chi connectivity index (χ0) is 32.1. The van der Waals surface area contributed by atoms with Crippen LogP contribution in [0.5, 0.6) is 11.5 Å². The molecule has 0 N–H and O–H groups in total. The van der Waals surface area contributed by atoms with Crippen molar-refractivity contribution in [2.24, 2.45) is 4.99 Å². The summed E-state index contributed by atoms with van der Waals surface area (Å²) in [7, 11) is 1.77. The van der Waals surface area contributed by atoms with Gasteiger partial charge in [0.15, 0.2) is 11.5 Å². The highest BCUT2D eigenvalue weighted by Gasteiger charge is 2.40. The third kappa shape index (κ3) is 6.18. The van der Waals surface area contributed by atoms with E-state index in [2.05, 4.69) is 65.6 Å². The molecule has 2 atom stereocenters. The number of fused-ring (bicyclic) bond motifs is 1. The molecule has 0 aromatic heterocycles. The van der Waals surface area contributed by atoms with Crippen LogP contribution in [0.2, 0.25) is 0 Å². The first-order valence-corrected chi connectivity index (χ1v) is 16.3. The van der Waals surface area contributed by atoms with Crippen LogP contribution in [0.15, 0.2) is 95.2 Å². The van der Waals surface area contributed by atoms with Gasteiger partial charge in [-0.3, -0.25) is 14.6 Å². The zero-order valence-electron chi connectivity index (χ0n) is 27.1. The van der Waals surface area contributed by atoms with E-state index in [1.54, 1.807) is 16.8 Å². The van der Waals surface area contributed by atoms with Gasteiger partial charge in [0.2, 0.25) is 12.8 Å². The van der Waals surface area contributed by atoms with Gasteiger partial charge in [-0.25, -0.2) is 0 Å². The number of ether oxygens (including phenoxy) is 2. The van der Waals surface area contributed by atoms with Gasteiger partial charge in [0.05, 0.1) is 23.4 Å². The number of nitrogens with zero attached hydrogens (tertiary/aromatic N) is 4. The van der Waals surface area contributed by atoms with E-state index in [-0.39, 0.29) is 17.4 Å². The Bertz CT molecular complexity index is 1540. The minimum atomic E-state index is -0.340. The van der Waals surface area contributed by atoms with Gasteiger partial charge in [0.25, 0.3) is 0 Å². The van der Waals surface area contributed by atoms with E-state index < -0.39 is 0 Å². The maximum Gasteiger partial charge on any atom is 0.213 e. The van der Waals surface area contributed by atoms with Crippen LogP contribution in [0.1, 0.15) is 55.7 Å². The Hall–Kier alpha value is -4.43. The molecule has 8 nitrogen and oxygen atoms in total. The van der Waals surface area contributed by atoms with E-state index in [0.717, 1.165) is 74.4 Å². The third-order valence-electron chi connectivity index (χ3n) is 9.96. The Balaban J connectivity index is 1.19. The number of hydrogen-bond acceptors (Lipinski definition) is 6. The molecule has 0 spiro atoms. The van der Waals surface area contributed by atoms with E-state index in [9.17, 15) is 9.59 Å². The summed E-state index contributed by atoms with van der Waals surface area (Å²) in [6.45, 7) is 8.32. The molecule has 2 amide bonds. The number of allylic oxidation sites excluding steroid dienone is 1. The highest BCUT2D eigenvalue weighted by atomic mass is 16.6. The minimum absolute atomic E-state index is 0.00418. The van der Waals surface area contributed by atoms with E-state index in [4.69, 9.17) is 14.5 Å². The molecule has 2 unspecified atom stereocenters. The fourth-order valence-electron chi connectivity index (χ4n) is 7.69. The smallest absolute Gasteiger partial charge is 0.213 e. The molecule has 8 heteroatoms. The van der Waals surface area contributed by atoms with Crippen molar-refractivity contribution in [1.29, 1.82) is 0 Å². The fourth-order valence-corrected chi connectivity index (χ4v) is 7.69. The zero-order valence-corrected chi connectivity index (χ0v) is 27.1. The fraction of sp³-hybridized carbons (Fsp3) is 0.395. The van der Waals surface area contributed by atoms with Crippen molar-refractivity contribution in [3.05, 3.63) is 107 Å². The molecule has 1 saturated heterocycles. The molecule has 0 aliphatic carbocycles. The Morgan fingerprint density at radius 2 is 1.50 bits per heavy atom. The molecular formula is C38H44N4O4. The van der Waals surface area contributed by atoms with Crippen LogP contribution in [0.4, 0.5) is 0 Å². The molecule has 1 fully saturated rings. The Morgan fingerprint density at radius 1 is 0.870 bits per heavy atom. The van der Waals surface area contributed by atoms with Gasteiger partial charge in [-0.1, -0.05) is 66.7 Å². The van der Waals surface area contributed by atoms with Gasteiger partial charge in [-0.15, -0.1) is 0 Å². The molecule has 46 heavy (non-hydrogen) atoms. The molecule has 0 bridgehead atoms. The molecule has 6 rings (SSSR count). The third-order valence-corrected chi connectivity index (χ3v) is 9.96. The Morgan fingerprint density at radius 3 is 2.11 bits per heavy atom. The number of hydrogen-bond donors (Lipinski definition) is 0. The monoisotopic (exact) mass is 620 g/mol. The van der Waals surface area contributed by atoms with E-state index >= 15 is 0 Å². The second kappa shape index (κ2) is 13.9. The van der Waals surface area contributed by atoms with Gasteiger partial charge in [0, 0.05) is 24.7 Å². The summed E-state index contributed by atoms with van der Waals surface area (Å²) in [4.78, 5) is 35.7. The SMILES string of the molecule is CC1=NC(C)=C(N(C=O)CCCN2CCC(c3ccccc3)(c3ccccc3)CC2)C(c2ccc3c(c2)OCCO3)C1N(C)C=O. The quantitative estimate of drug-likeness (QED) is 0.260. The normalized spacial score (nSPS) is 20.9. The van der Waals surface area contributed by atoms with Crippen molar-refractivity contribution < 1.29 is 19.1 Å². The molecule has 3 aliphatic rings. The van der Waals surface area contributed by atoms with Crippen LogP contribution in [-0.2, 0) is 15.0 Å². The number of aliphatic imine (C=N–C) groups is 1. The second-order valence-corrected chi connectivity index (χ2v) is 12.6. The predicted octanol–water partition coefficient (Wildman–Crippen LogP) is 5.63. The van der Waals surface area contributed by atoms with Gasteiger partial charge >= 0.3 is 0 Å². The van der Waals surface area contributed by atoms with E-state index in [1.807, 2.05) is 32.0 Å². The lowest BCUT2D eigenvalue weighted by molar-refractivity contribution is -0.118. The first-order valence-electron chi connectivity index (χ1n) is 16.3. The molecular weight excluding hydrogens is 576 g/mol. The average Bonchev–Trinajstić information content (AvgIpc) is 3.11. The molecule has 3 aliphatic heterocycles. The van der Waals surface area contributed by atoms with Crippen molar-refractivity contribution in [2.75, 3.05) is 46.4 Å². The number of piperidine rings is 1. The van der Waals surface area contributed by atoms with Crippen LogP contribution in [0, 0.1) is 0 Å². The van der Waals surface area contributed by atoms with Crippen molar-refractivity contribution in [3.8, 4) is 11.5 Å². The predicted molar refractivity (Wildman–Crippen MR) is 180 cm³/mol. The summed E-state index contributed by atoms with van der Waals surface area (Å²) in [5.74, 6) is 1.09. The van der Waals surface area contributed by atoms with Gasteiger partial charge < -0.3 is 24.2 Å². The molecule has 0 radical (unpaired) electrons. The first kappa shape index (κ1) is 31.5. The lowest BCUT2D eigenvalue weighted by Crippen LogP contribution is -2.47. The number of rotatable bonds is 11. The second-order valence-electron chi connectivity index (χ2n) is 12.6. The minimum Gasteiger partial charge on any atom is -0.486 e. The van der Waals surface area contributed by atoms with Crippen molar-refractivity contribution in [2.45, 2.75) is 50.5 Å². The number of likely N-dealkylation sites (N-methyl/N-ethyl adjacent to an activating group) is 1. The summed E-state index contributed by atoms with van der Waals surface area (Å²) in [6, 6.07) is 27.4. The van der Waals surface area contributed by atoms with Crippen LogP contribution in [-0.4, -0.2) is 85.7 Å².